The number of hydrogen-bond acceptors (Lipinski definition) is 5. The molecule has 0 aliphatic heterocycles. The predicted molar refractivity (Wildman–Crippen MR) is 129 cm³/mol. The molecule has 0 fully saturated rings. The van der Waals surface area contributed by atoms with Gasteiger partial charge in [-0.15, -0.1) is 0 Å². The third-order valence-corrected chi connectivity index (χ3v) is 6.58. The molecule has 5 heteroatoms. The van der Waals surface area contributed by atoms with Crippen molar-refractivity contribution >= 4 is 11.6 Å². The van der Waals surface area contributed by atoms with Crippen molar-refractivity contribution in [3.05, 3.63) is 86.5 Å². The van der Waals surface area contributed by atoms with Crippen LogP contribution in [0.4, 0.5) is 0 Å². The van der Waals surface area contributed by atoms with E-state index < -0.39 is 5.41 Å². The molecule has 0 aromatic heterocycles. The molecule has 3 rings (SSSR count). The summed E-state index contributed by atoms with van der Waals surface area (Å²) in [4.78, 5) is 24.7. The van der Waals surface area contributed by atoms with Crippen LogP contribution in [0.3, 0.4) is 0 Å². The summed E-state index contributed by atoms with van der Waals surface area (Å²) in [6, 6.07) is 10.8. The average Bonchev–Trinajstić information content (AvgIpc) is 2.74. The maximum absolute atomic E-state index is 12.4. The first kappa shape index (κ1) is 24.1. The van der Waals surface area contributed by atoms with Gasteiger partial charge in [-0.2, -0.15) is 0 Å². The van der Waals surface area contributed by atoms with Crippen LogP contribution in [0.1, 0.15) is 80.4 Å². The second kappa shape index (κ2) is 8.39. The standard InChI is InChI=1S/C28H30O5/c1-14-8-20(9-15(2)25(14)31)28(7,21-10-16(3)26(32)17(4)11-21)22-12-23(18(5)29)27(33)24(13-22)19(6)30/h8-13,31-33H,1-7H3. The normalized spacial score (nSPS) is 11.5. The van der Waals surface area contributed by atoms with Gasteiger partial charge in [0.25, 0.3) is 0 Å². The lowest BCUT2D eigenvalue weighted by Crippen LogP contribution is -2.27. The van der Waals surface area contributed by atoms with Crippen LogP contribution in [0, 0.1) is 27.7 Å². The van der Waals surface area contributed by atoms with Crippen LogP contribution >= 0.6 is 0 Å². The van der Waals surface area contributed by atoms with Gasteiger partial charge in [-0.3, -0.25) is 9.59 Å². The van der Waals surface area contributed by atoms with Crippen molar-refractivity contribution in [1.29, 1.82) is 0 Å². The van der Waals surface area contributed by atoms with Crippen molar-refractivity contribution in [3.63, 3.8) is 0 Å². The zero-order valence-electron chi connectivity index (χ0n) is 20.1. The lowest BCUT2D eigenvalue weighted by atomic mass is 9.69. The number of rotatable bonds is 5. The van der Waals surface area contributed by atoms with Gasteiger partial charge in [-0.1, -0.05) is 24.3 Å². The fourth-order valence-electron chi connectivity index (χ4n) is 4.45. The summed E-state index contributed by atoms with van der Waals surface area (Å²) in [5.41, 5.74) is 4.39. The fraction of sp³-hybridized carbons (Fsp3) is 0.286. The van der Waals surface area contributed by atoms with Crippen molar-refractivity contribution in [1.82, 2.24) is 0 Å². The van der Waals surface area contributed by atoms with Gasteiger partial charge in [0, 0.05) is 5.41 Å². The van der Waals surface area contributed by atoms with Gasteiger partial charge in [0.2, 0.25) is 0 Å². The molecule has 0 aliphatic carbocycles. The number of aromatic hydroxyl groups is 3. The van der Waals surface area contributed by atoms with Crippen LogP contribution in [0.2, 0.25) is 0 Å². The Morgan fingerprint density at radius 3 is 1.12 bits per heavy atom. The van der Waals surface area contributed by atoms with Crippen LogP contribution < -0.4 is 0 Å². The minimum Gasteiger partial charge on any atom is -0.507 e. The highest BCUT2D eigenvalue weighted by atomic mass is 16.3. The molecule has 3 aromatic carbocycles. The van der Waals surface area contributed by atoms with Crippen molar-refractivity contribution in [2.45, 2.75) is 53.9 Å². The van der Waals surface area contributed by atoms with E-state index in [2.05, 4.69) is 0 Å². The first-order chi connectivity index (χ1) is 15.3. The van der Waals surface area contributed by atoms with E-state index in [1.807, 2.05) is 58.9 Å². The van der Waals surface area contributed by atoms with Crippen molar-refractivity contribution in [3.8, 4) is 17.2 Å². The number of hydrogen-bond donors (Lipinski definition) is 3. The van der Waals surface area contributed by atoms with E-state index in [1.165, 1.54) is 13.8 Å². The van der Waals surface area contributed by atoms with E-state index in [-0.39, 0.29) is 39.9 Å². The molecule has 0 unspecified atom stereocenters. The quantitative estimate of drug-likeness (QED) is 0.340. The smallest absolute Gasteiger partial charge is 0.163 e. The molecule has 172 valence electrons. The Morgan fingerprint density at radius 2 is 0.848 bits per heavy atom. The van der Waals surface area contributed by atoms with Crippen molar-refractivity contribution in [2.24, 2.45) is 0 Å². The first-order valence-electron chi connectivity index (χ1n) is 10.8. The average molecular weight is 447 g/mol. The largest absolute Gasteiger partial charge is 0.507 e. The highest BCUT2D eigenvalue weighted by Crippen LogP contribution is 2.44. The lowest BCUT2D eigenvalue weighted by Gasteiger charge is -2.34. The van der Waals surface area contributed by atoms with Crippen LogP contribution in [0.15, 0.2) is 36.4 Å². The summed E-state index contributed by atoms with van der Waals surface area (Å²) < 4.78 is 0. The van der Waals surface area contributed by atoms with Gasteiger partial charge >= 0.3 is 0 Å². The molecule has 0 atom stereocenters. The predicted octanol–water partition coefficient (Wildman–Crippen LogP) is 5.80. The van der Waals surface area contributed by atoms with Gasteiger partial charge < -0.3 is 15.3 Å². The number of carbonyl (C=O) groups is 2. The molecule has 3 aromatic rings. The molecule has 0 spiro atoms. The zero-order chi connectivity index (χ0) is 24.8. The van der Waals surface area contributed by atoms with Crippen molar-refractivity contribution in [2.75, 3.05) is 0 Å². The molecule has 33 heavy (non-hydrogen) atoms. The molecule has 0 bridgehead atoms. The van der Waals surface area contributed by atoms with E-state index in [1.54, 1.807) is 12.1 Å². The van der Waals surface area contributed by atoms with E-state index in [9.17, 15) is 24.9 Å². The van der Waals surface area contributed by atoms with E-state index in [4.69, 9.17) is 0 Å². The number of aryl methyl sites for hydroxylation is 4. The van der Waals surface area contributed by atoms with Crippen LogP contribution in [0.5, 0.6) is 17.2 Å². The van der Waals surface area contributed by atoms with Crippen LogP contribution in [0.25, 0.3) is 0 Å². The Bertz CT molecular complexity index is 1160. The number of ketones is 2. The van der Waals surface area contributed by atoms with Gasteiger partial charge in [0.15, 0.2) is 11.6 Å². The highest BCUT2D eigenvalue weighted by molar-refractivity contribution is 6.04. The lowest BCUT2D eigenvalue weighted by molar-refractivity contribution is 0.101. The maximum atomic E-state index is 12.4. The third-order valence-electron chi connectivity index (χ3n) is 6.58. The Morgan fingerprint density at radius 1 is 0.576 bits per heavy atom. The summed E-state index contributed by atoms with van der Waals surface area (Å²) in [5, 5.41) is 31.4. The van der Waals surface area contributed by atoms with E-state index >= 15 is 0 Å². The van der Waals surface area contributed by atoms with Gasteiger partial charge in [-0.05, 0) is 99.5 Å². The molecular formula is C28H30O5. The summed E-state index contributed by atoms with van der Waals surface area (Å²) in [5.74, 6) is -0.611. The number of carbonyl (C=O) groups excluding carboxylic acids is 2. The van der Waals surface area contributed by atoms with Gasteiger partial charge in [0.05, 0.1) is 11.1 Å². The molecule has 3 N–H and O–H groups in total. The Hall–Kier alpha value is -3.60. The number of phenolic OH excluding ortho intramolecular Hbond substituents is 3. The SMILES string of the molecule is CC(=O)c1cc(C(C)(c2cc(C)c(O)c(C)c2)c2cc(C)c(O)c(C)c2)cc(C(C)=O)c1O. The molecule has 0 radical (unpaired) electrons. The fourth-order valence-corrected chi connectivity index (χ4v) is 4.45. The first-order valence-corrected chi connectivity index (χ1v) is 10.8. The Kier molecular flexibility index (Phi) is 6.12. The Balaban J connectivity index is 2.51. The molecular weight excluding hydrogens is 416 g/mol. The van der Waals surface area contributed by atoms with Crippen LogP contribution in [-0.2, 0) is 5.41 Å². The highest BCUT2D eigenvalue weighted by Gasteiger charge is 2.35. The monoisotopic (exact) mass is 446 g/mol. The molecule has 0 aliphatic rings. The second-order valence-corrected chi connectivity index (χ2v) is 9.07. The van der Waals surface area contributed by atoms with Gasteiger partial charge in [0.1, 0.15) is 17.2 Å². The number of Topliss-reactive ketones (excluding diaryl/α,β-unsaturated/α-hetero) is 2. The zero-order valence-corrected chi connectivity index (χ0v) is 20.1. The molecule has 0 heterocycles. The maximum Gasteiger partial charge on any atom is 0.163 e. The van der Waals surface area contributed by atoms with E-state index in [0.717, 1.165) is 11.1 Å². The van der Waals surface area contributed by atoms with Crippen LogP contribution in [-0.4, -0.2) is 26.9 Å². The molecule has 0 saturated carbocycles. The minimum atomic E-state index is -0.867. The van der Waals surface area contributed by atoms with E-state index in [0.29, 0.717) is 27.8 Å². The topological polar surface area (TPSA) is 94.8 Å². The minimum absolute atomic E-state index is 0.0726. The number of benzene rings is 3. The third kappa shape index (κ3) is 3.99. The second-order valence-electron chi connectivity index (χ2n) is 9.07. The van der Waals surface area contributed by atoms with Crippen molar-refractivity contribution < 1.29 is 24.9 Å². The molecule has 5 nitrogen and oxygen atoms in total. The summed E-state index contributed by atoms with van der Waals surface area (Å²) in [7, 11) is 0. The van der Waals surface area contributed by atoms with Gasteiger partial charge in [-0.25, -0.2) is 0 Å². The summed E-state index contributed by atoms with van der Waals surface area (Å²) in [6.45, 7) is 11.9. The summed E-state index contributed by atoms with van der Waals surface area (Å²) >= 11 is 0. The molecule has 0 saturated heterocycles. The Labute approximate surface area is 194 Å². The summed E-state index contributed by atoms with van der Waals surface area (Å²) in [6.07, 6.45) is 0. The molecule has 0 amide bonds. The number of phenols is 3.